The monoisotopic (exact) mass is 482 g/mol. The highest BCUT2D eigenvalue weighted by Gasteiger charge is 2.44. The molecule has 1 atom stereocenters. The molecule has 1 unspecified atom stereocenters. The van der Waals surface area contributed by atoms with Crippen molar-refractivity contribution in [2.24, 2.45) is 0 Å². The van der Waals surface area contributed by atoms with Crippen LogP contribution in [0.2, 0.25) is 0 Å². The van der Waals surface area contributed by atoms with E-state index in [0.29, 0.717) is 17.3 Å². The molecule has 3 aromatic heterocycles. The third kappa shape index (κ3) is 3.73. The predicted octanol–water partition coefficient (Wildman–Crippen LogP) is 5.59. The molecule has 34 heavy (non-hydrogen) atoms. The summed E-state index contributed by atoms with van der Waals surface area (Å²) in [5.41, 5.74) is 2.95. The third-order valence-corrected chi connectivity index (χ3v) is 7.96. The number of nitrogens with one attached hydrogen (secondary N) is 1. The Hall–Kier alpha value is -3.01. The summed E-state index contributed by atoms with van der Waals surface area (Å²) >= 11 is 1.77. The first-order chi connectivity index (χ1) is 16.4. The Morgan fingerprint density at radius 3 is 2.74 bits per heavy atom. The number of benzene rings is 1. The van der Waals surface area contributed by atoms with Crippen LogP contribution in [0.15, 0.2) is 48.8 Å². The number of likely N-dealkylation sites (N-methyl/N-ethyl adjacent to an activating group) is 1. The molecule has 4 aromatic rings. The van der Waals surface area contributed by atoms with Crippen LogP contribution < -0.4 is 9.47 Å². The number of hydrogen-bond acceptors (Lipinski definition) is 6. The number of pyridine rings is 1. The molecule has 0 spiro atoms. The van der Waals surface area contributed by atoms with Crippen molar-refractivity contribution in [3.63, 3.8) is 0 Å². The van der Waals surface area contributed by atoms with Gasteiger partial charge in [0.25, 0.3) is 0 Å². The summed E-state index contributed by atoms with van der Waals surface area (Å²) in [6.07, 6.45) is -0.0457. The topological polar surface area (TPSA) is 53.6 Å². The van der Waals surface area contributed by atoms with Gasteiger partial charge in [-0.1, -0.05) is 12.1 Å². The fourth-order valence-electron chi connectivity index (χ4n) is 4.66. The zero-order valence-corrected chi connectivity index (χ0v) is 19.7. The van der Waals surface area contributed by atoms with Gasteiger partial charge in [-0.3, -0.25) is 4.90 Å². The third-order valence-electron chi connectivity index (χ3n) is 6.66. The minimum Gasteiger partial charge on any atom is -0.395 e. The summed E-state index contributed by atoms with van der Waals surface area (Å²) in [5.74, 6) is 0.0694. The Labute approximate surface area is 199 Å². The van der Waals surface area contributed by atoms with Gasteiger partial charge in [0.1, 0.15) is 5.65 Å². The Balaban J connectivity index is 1.33. The highest BCUT2D eigenvalue weighted by atomic mass is 32.1. The molecule has 2 aliphatic rings. The molecule has 1 fully saturated rings. The second kappa shape index (κ2) is 8.04. The van der Waals surface area contributed by atoms with Crippen LogP contribution in [0.25, 0.3) is 32.6 Å². The number of alkyl halides is 2. The second-order valence-corrected chi connectivity index (χ2v) is 9.96. The van der Waals surface area contributed by atoms with Crippen LogP contribution in [-0.4, -0.2) is 59.3 Å². The average Bonchev–Trinajstić information content (AvgIpc) is 3.54. The molecule has 1 saturated heterocycles. The first-order valence-electron chi connectivity index (χ1n) is 11.3. The smallest absolute Gasteiger partial charge is 0.395 e. The number of aromatic amines is 1. The zero-order valence-electron chi connectivity index (χ0n) is 18.8. The van der Waals surface area contributed by atoms with Crippen LogP contribution in [0, 0.1) is 0 Å². The number of nitrogens with zero attached hydrogens (tertiary/aromatic N) is 3. The van der Waals surface area contributed by atoms with E-state index < -0.39 is 6.29 Å². The van der Waals surface area contributed by atoms with E-state index in [4.69, 9.17) is 4.74 Å². The van der Waals surface area contributed by atoms with Crippen molar-refractivity contribution < 1.29 is 18.3 Å². The van der Waals surface area contributed by atoms with Crippen molar-refractivity contribution >= 4 is 22.4 Å². The molecular formula is C25H24F2N4O2S. The summed E-state index contributed by atoms with van der Waals surface area (Å²) in [6.45, 7) is 6.57. The van der Waals surface area contributed by atoms with Gasteiger partial charge >= 0.3 is 6.29 Å². The molecule has 1 N–H and O–H groups in total. The lowest BCUT2D eigenvalue weighted by atomic mass is 10.0. The largest absolute Gasteiger partial charge is 0.586 e. The maximum Gasteiger partial charge on any atom is 0.586 e. The lowest BCUT2D eigenvalue weighted by Crippen LogP contribution is -2.45. The summed E-state index contributed by atoms with van der Waals surface area (Å²) in [7, 11) is 2.16. The lowest BCUT2D eigenvalue weighted by Gasteiger charge is -2.36. The summed E-state index contributed by atoms with van der Waals surface area (Å²) in [4.78, 5) is 15.1. The SMILES string of the molecule is CC(c1ccc(-c2cnc3[nH]cc(-c4cccc5c4OC(F)(F)O5)c3c2)s1)N1CCN(C)CC1. The number of H-pyrrole nitrogens is 1. The molecule has 0 aliphatic carbocycles. The van der Waals surface area contributed by atoms with Gasteiger partial charge in [-0.25, -0.2) is 4.98 Å². The van der Waals surface area contributed by atoms with Crippen LogP contribution in [0.5, 0.6) is 11.5 Å². The summed E-state index contributed by atoms with van der Waals surface area (Å²) < 4.78 is 36.9. The number of para-hydroxylation sites is 1. The van der Waals surface area contributed by atoms with E-state index in [2.05, 4.69) is 56.7 Å². The number of halogens is 2. The Morgan fingerprint density at radius 2 is 1.91 bits per heavy atom. The van der Waals surface area contributed by atoms with E-state index >= 15 is 0 Å². The number of aromatic nitrogens is 2. The van der Waals surface area contributed by atoms with Gasteiger partial charge in [0.15, 0.2) is 11.5 Å². The number of hydrogen-bond donors (Lipinski definition) is 1. The van der Waals surface area contributed by atoms with Gasteiger partial charge in [-0.05, 0) is 38.2 Å². The van der Waals surface area contributed by atoms with E-state index in [1.54, 1.807) is 29.7 Å². The normalized spacial score (nSPS) is 19.1. The Morgan fingerprint density at radius 1 is 1.09 bits per heavy atom. The molecular weight excluding hydrogens is 458 g/mol. The maximum atomic E-state index is 13.7. The van der Waals surface area contributed by atoms with Crippen molar-refractivity contribution in [3.8, 4) is 33.1 Å². The van der Waals surface area contributed by atoms with Crippen LogP contribution in [-0.2, 0) is 0 Å². The van der Waals surface area contributed by atoms with Crippen molar-refractivity contribution in [1.29, 1.82) is 0 Å². The summed E-state index contributed by atoms with van der Waals surface area (Å²) in [6, 6.07) is 11.7. The molecule has 176 valence electrons. The maximum absolute atomic E-state index is 13.7. The standard InChI is InChI=1S/C25H24F2N4O2S/c1-15(31-10-8-30(2)9-11-31)21-6-7-22(34-21)16-12-18-19(14-29-24(18)28-13-16)17-4-3-5-20-23(17)33-25(26,27)32-20/h3-7,12-15H,8-11H2,1-2H3,(H,28,29). The first kappa shape index (κ1) is 21.5. The highest BCUT2D eigenvalue weighted by molar-refractivity contribution is 7.15. The first-order valence-corrected chi connectivity index (χ1v) is 12.1. The molecule has 9 heteroatoms. The second-order valence-electron chi connectivity index (χ2n) is 8.84. The minimum atomic E-state index is -3.66. The van der Waals surface area contributed by atoms with Crippen molar-refractivity contribution in [2.45, 2.75) is 19.3 Å². The van der Waals surface area contributed by atoms with Gasteiger partial charge in [0, 0.05) is 76.4 Å². The van der Waals surface area contributed by atoms with Crippen LogP contribution in [0.4, 0.5) is 8.78 Å². The van der Waals surface area contributed by atoms with Gasteiger partial charge in [0.05, 0.1) is 0 Å². The van der Waals surface area contributed by atoms with Crippen molar-refractivity contribution in [1.82, 2.24) is 19.8 Å². The van der Waals surface area contributed by atoms with Gasteiger partial charge in [0.2, 0.25) is 0 Å². The van der Waals surface area contributed by atoms with Crippen LogP contribution >= 0.6 is 11.3 Å². The molecule has 6 rings (SSSR count). The van der Waals surface area contributed by atoms with E-state index in [1.807, 2.05) is 6.20 Å². The van der Waals surface area contributed by atoms with Crippen LogP contribution in [0.1, 0.15) is 17.8 Å². The molecule has 2 aliphatic heterocycles. The van der Waals surface area contributed by atoms with Crippen molar-refractivity contribution in [2.75, 3.05) is 33.2 Å². The number of thiophene rings is 1. The Kier molecular flexibility index (Phi) is 5.09. The molecule has 0 amide bonds. The summed E-state index contributed by atoms with van der Waals surface area (Å²) in [5, 5.41) is 0.840. The molecule has 5 heterocycles. The Bertz CT molecular complexity index is 1360. The van der Waals surface area contributed by atoms with E-state index in [-0.39, 0.29) is 11.5 Å². The number of fused-ring (bicyclic) bond motifs is 2. The minimum absolute atomic E-state index is 0.0294. The zero-order chi connectivity index (χ0) is 23.4. The molecule has 0 saturated carbocycles. The molecule has 6 nitrogen and oxygen atoms in total. The van der Waals surface area contributed by atoms with Gasteiger partial charge < -0.3 is 19.4 Å². The molecule has 0 bridgehead atoms. The fraction of sp³-hybridized carbons (Fsp3) is 0.320. The quantitative estimate of drug-likeness (QED) is 0.411. The van der Waals surface area contributed by atoms with Crippen LogP contribution in [0.3, 0.4) is 0 Å². The number of rotatable bonds is 4. The van der Waals surface area contributed by atoms with Gasteiger partial charge in [-0.15, -0.1) is 20.1 Å². The number of piperazine rings is 1. The number of ether oxygens (including phenoxy) is 2. The van der Waals surface area contributed by atoms with Crippen molar-refractivity contribution in [3.05, 3.63) is 53.7 Å². The highest BCUT2D eigenvalue weighted by Crippen LogP contribution is 2.48. The van der Waals surface area contributed by atoms with E-state index in [1.165, 1.54) is 10.9 Å². The fourth-order valence-corrected chi connectivity index (χ4v) is 5.74. The van der Waals surface area contributed by atoms with Gasteiger partial charge in [-0.2, -0.15) is 0 Å². The lowest BCUT2D eigenvalue weighted by molar-refractivity contribution is -0.286. The molecule has 1 aromatic carbocycles. The van der Waals surface area contributed by atoms with E-state index in [9.17, 15) is 8.78 Å². The molecule has 0 radical (unpaired) electrons. The van der Waals surface area contributed by atoms with E-state index in [0.717, 1.165) is 47.6 Å². The average molecular weight is 483 g/mol. The predicted molar refractivity (Wildman–Crippen MR) is 129 cm³/mol.